The summed E-state index contributed by atoms with van der Waals surface area (Å²) in [6.45, 7) is 13.8. The van der Waals surface area contributed by atoms with E-state index in [2.05, 4.69) is 46.4 Å². The Hall–Kier alpha value is -1.09. The van der Waals surface area contributed by atoms with Crippen LogP contribution in [0.1, 0.15) is 53.4 Å². The van der Waals surface area contributed by atoms with Gasteiger partial charge in [-0.1, -0.05) is 52.0 Å². The molecule has 0 N–H and O–H groups in total. The number of allylic oxidation sites excluding steroid dienone is 2. The van der Waals surface area contributed by atoms with Gasteiger partial charge in [0.15, 0.2) is 0 Å². The van der Waals surface area contributed by atoms with E-state index in [4.69, 9.17) is 9.47 Å². The van der Waals surface area contributed by atoms with Crippen molar-refractivity contribution in [3.05, 3.63) is 24.3 Å². The standard InChI is InChI=1S/C22H32O3/c1-13-14-6-7-15(10-14)17(13)20(23)25-18-16-8-9-22(5,11-16)19(18)24-12-21(2,3)4/h6-7,14-19H,1,8-12H2,2-5H3/t14-,15+,16+,17-,18-,19-,22-/m1/s1. The normalized spacial score (nSPS) is 44.7. The minimum atomic E-state index is -0.134. The molecule has 0 unspecified atom stereocenters. The largest absolute Gasteiger partial charge is 0.459 e. The third-order valence-electron chi connectivity index (χ3n) is 6.89. The van der Waals surface area contributed by atoms with Crippen molar-refractivity contribution >= 4 is 5.97 Å². The van der Waals surface area contributed by atoms with Crippen LogP contribution < -0.4 is 0 Å². The fraction of sp³-hybridized carbons (Fsp3) is 0.773. The van der Waals surface area contributed by atoms with Gasteiger partial charge in [-0.2, -0.15) is 0 Å². The first-order valence-electron chi connectivity index (χ1n) is 9.87. The summed E-state index contributed by atoms with van der Waals surface area (Å²) in [4.78, 5) is 13.0. The molecule has 0 saturated heterocycles. The highest BCUT2D eigenvalue weighted by molar-refractivity contribution is 5.78. The maximum atomic E-state index is 13.0. The van der Waals surface area contributed by atoms with Gasteiger partial charge in [-0.25, -0.2) is 0 Å². The summed E-state index contributed by atoms with van der Waals surface area (Å²) in [6, 6.07) is 0. The number of hydrogen-bond acceptors (Lipinski definition) is 3. The molecule has 0 aromatic carbocycles. The van der Waals surface area contributed by atoms with Gasteiger partial charge < -0.3 is 9.47 Å². The van der Waals surface area contributed by atoms with Crippen molar-refractivity contribution in [1.82, 2.24) is 0 Å². The van der Waals surface area contributed by atoms with E-state index in [9.17, 15) is 4.79 Å². The Bertz CT molecular complexity index is 613. The Morgan fingerprint density at radius 3 is 2.76 bits per heavy atom. The molecule has 0 aromatic heterocycles. The zero-order chi connectivity index (χ0) is 18.0. The summed E-state index contributed by atoms with van der Waals surface area (Å²) >= 11 is 0. The van der Waals surface area contributed by atoms with Crippen molar-refractivity contribution in [2.24, 2.45) is 34.5 Å². The summed E-state index contributed by atoms with van der Waals surface area (Å²) in [5.74, 6) is 0.944. The molecule has 4 aliphatic carbocycles. The van der Waals surface area contributed by atoms with Crippen LogP contribution in [0.15, 0.2) is 24.3 Å². The van der Waals surface area contributed by atoms with Gasteiger partial charge in [0.1, 0.15) is 12.2 Å². The summed E-state index contributed by atoms with van der Waals surface area (Å²) < 4.78 is 12.5. The number of carbonyl (C=O) groups is 1. The number of esters is 1. The summed E-state index contributed by atoms with van der Waals surface area (Å²) in [7, 11) is 0. The monoisotopic (exact) mass is 344 g/mol. The van der Waals surface area contributed by atoms with Crippen LogP contribution in [-0.4, -0.2) is 24.8 Å². The van der Waals surface area contributed by atoms with E-state index in [-0.39, 0.29) is 34.9 Å². The molecule has 0 heterocycles. The van der Waals surface area contributed by atoms with Gasteiger partial charge in [0.25, 0.3) is 0 Å². The van der Waals surface area contributed by atoms with Crippen LogP contribution in [0.4, 0.5) is 0 Å². The van der Waals surface area contributed by atoms with Crippen molar-refractivity contribution in [3.63, 3.8) is 0 Å². The molecule has 25 heavy (non-hydrogen) atoms. The molecule has 4 aliphatic rings. The molecule has 3 saturated carbocycles. The van der Waals surface area contributed by atoms with Gasteiger partial charge in [0.2, 0.25) is 0 Å². The number of rotatable bonds is 4. The number of hydrogen-bond donors (Lipinski definition) is 0. The van der Waals surface area contributed by atoms with Crippen molar-refractivity contribution in [2.75, 3.05) is 6.61 Å². The van der Waals surface area contributed by atoms with E-state index in [1.165, 1.54) is 6.42 Å². The number of fused-ring (bicyclic) bond motifs is 4. The van der Waals surface area contributed by atoms with E-state index in [1.807, 2.05) is 0 Å². The van der Waals surface area contributed by atoms with Gasteiger partial charge >= 0.3 is 5.97 Å². The lowest BCUT2D eigenvalue weighted by Gasteiger charge is -2.38. The van der Waals surface area contributed by atoms with Gasteiger partial charge in [0.05, 0.1) is 12.5 Å². The van der Waals surface area contributed by atoms with Crippen LogP contribution in [-0.2, 0) is 14.3 Å². The van der Waals surface area contributed by atoms with Crippen molar-refractivity contribution < 1.29 is 14.3 Å². The molecule has 7 atom stereocenters. The van der Waals surface area contributed by atoms with Gasteiger partial charge in [-0.15, -0.1) is 0 Å². The molecule has 0 radical (unpaired) electrons. The Kier molecular flexibility index (Phi) is 3.95. The fourth-order valence-electron chi connectivity index (χ4n) is 5.58. The second-order valence-electron chi connectivity index (χ2n) is 10.3. The summed E-state index contributed by atoms with van der Waals surface area (Å²) in [5.41, 5.74) is 1.34. The van der Waals surface area contributed by atoms with E-state index < -0.39 is 0 Å². The Morgan fingerprint density at radius 1 is 1.36 bits per heavy atom. The molecule has 3 nitrogen and oxygen atoms in total. The molecule has 3 heteroatoms. The number of carbonyl (C=O) groups excluding carboxylic acids is 1. The van der Waals surface area contributed by atoms with E-state index in [1.54, 1.807) is 0 Å². The Balaban J connectivity index is 1.47. The molecular formula is C22H32O3. The van der Waals surface area contributed by atoms with Crippen molar-refractivity contribution in [3.8, 4) is 0 Å². The first-order valence-corrected chi connectivity index (χ1v) is 9.87. The Labute approximate surface area is 151 Å². The lowest BCUT2D eigenvalue weighted by atomic mass is 9.82. The van der Waals surface area contributed by atoms with Gasteiger partial charge in [-0.05, 0) is 54.3 Å². The second kappa shape index (κ2) is 5.70. The predicted molar refractivity (Wildman–Crippen MR) is 97.9 cm³/mol. The van der Waals surface area contributed by atoms with Crippen LogP contribution in [0, 0.1) is 34.5 Å². The molecule has 0 spiro atoms. The average molecular weight is 344 g/mol. The second-order valence-corrected chi connectivity index (χ2v) is 10.3. The third-order valence-corrected chi connectivity index (χ3v) is 6.89. The first kappa shape index (κ1) is 17.3. The zero-order valence-electron chi connectivity index (χ0n) is 16.1. The smallest absolute Gasteiger partial charge is 0.314 e. The molecule has 138 valence electrons. The molecule has 0 aromatic rings. The molecular weight excluding hydrogens is 312 g/mol. The van der Waals surface area contributed by atoms with Crippen LogP contribution in [0.2, 0.25) is 0 Å². The molecule has 0 aliphatic heterocycles. The maximum absolute atomic E-state index is 13.0. The SMILES string of the molecule is C=C1[C@@H](C(=O)O[C@@H]2[C@H]3CC[C@](C)(C3)[C@@H]2OCC(C)(C)C)[C@H]2C=C[C@@H]1C2. The van der Waals surface area contributed by atoms with Crippen molar-refractivity contribution in [1.29, 1.82) is 0 Å². The highest BCUT2D eigenvalue weighted by Gasteiger charge is 2.58. The van der Waals surface area contributed by atoms with Crippen LogP contribution >= 0.6 is 0 Å². The summed E-state index contributed by atoms with van der Waals surface area (Å²) in [5, 5.41) is 0. The molecule has 0 amide bonds. The zero-order valence-corrected chi connectivity index (χ0v) is 16.1. The first-order chi connectivity index (χ1) is 11.7. The van der Waals surface area contributed by atoms with Gasteiger partial charge in [-0.3, -0.25) is 4.79 Å². The van der Waals surface area contributed by atoms with E-state index in [0.29, 0.717) is 24.4 Å². The van der Waals surface area contributed by atoms with E-state index >= 15 is 0 Å². The molecule has 4 bridgehead atoms. The van der Waals surface area contributed by atoms with Crippen LogP contribution in [0.3, 0.4) is 0 Å². The van der Waals surface area contributed by atoms with Crippen molar-refractivity contribution in [2.45, 2.75) is 65.6 Å². The third kappa shape index (κ3) is 2.89. The topological polar surface area (TPSA) is 35.5 Å². The van der Waals surface area contributed by atoms with E-state index in [0.717, 1.165) is 24.8 Å². The molecule has 3 fully saturated rings. The highest BCUT2D eigenvalue weighted by Crippen LogP contribution is 2.57. The summed E-state index contributed by atoms with van der Waals surface area (Å²) in [6.07, 6.45) is 8.84. The number of ether oxygens (including phenoxy) is 2. The Morgan fingerprint density at radius 2 is 2.12 bits per heavy atom. The predicted octanol–water partition coefficient (Wildman–Crippen LogP) is 4.53. The highest BCUT2D eigenvalue weighted by atomic mass is 16.6. The molecule has 4 rings (SSSR count). The minimum absolute atomic E-state index is 0.0387. The lowest BCUT2D eigenvalue weighted by molar-refractivity contribution is -0.172. The van der Waals surface area contributed by atoms with Crippen LogP contribution in [0.25, 0.3) is 0 Å². The minimum Gasteiger partial charge on any atom is -0.459 e. The maximum Gasteiger partial charge on any atom is 0.314 e. The van der Waals surface area contributed by atoms with Gasteiger partial charge in [0, 0.05) is 0 Å². The quantitative estimate of drug-likeness (QED) is 0.555. The average Bonchev–Trinajstić information content (AvgIpc) is 3.23. The fourth-order valence-corrected chi connectivity index (χ4v) is 5.58. The van der Waals surface area contributed by atoms with Crippen LogP contribution in [0.5, 0.6) is 0 Å². The lowest BCUT2D eigenvalue weighted by Crippen LogP contribution is -2.45.